The minimum atomic E-state index is 0.245. The molecule has 0 atom stereocenters. The maximum absolute atomic E-state index is 11.0. The minimum absolute atomic E-state index is 0.245. The smallest absolute Gasteiger partial charge is 0.146 e. The lowest BCUT2D eigenvalue weighted by molar-refractivity contribution is -0.105. The number of hydrogen-bond acceptors (Lipinski definition) is 2. The zero-order chi connectivity index (χ0) is 13.8. The number of benzene rings is 1. The lowest BCUT2D eigenvalue weighted by Gasteiger charge is -2.01. The van der Waals surface area contributed by atoms with E-state index >= 15 is 0 Å². The second-order valence-electron chi connectivity index (χ2n) is 4.63. The fraction of sp³-hybridized carbons (Fsp3) is 0.188. The van der Waals surface area contributed by atoms with Gasteiger partial charge in [-0.3, -0.25) is 4.79 Å². The molecule has 2 aromatic rings. The Morgan fingerprint density at radius 1 is 1.26 bits per heavy atom. The van der Waals surface area contributed by atoms with E-state index in [1.807, 2.05) is 50.3 Å². The van der Waals surface area contributed by atoms with Crippen LogP contribution in [0.1, 0.15) is 18.7 Å². The van der Waals surface area contributed by atoms with Crippen LogP contribution < -0.4 is 0 Å². The van der Waals surface area contributed by atoms with Crippen LogP contribution in [0.5, 0.6) is 0 Å². The lowest BCUT2D eigenvalue weighted by atomic mass is 10.0. The predicted octanol–water partition coefficient (Wildman–Crippen LogP) is 5.31. The molecule has 3 heteroatoms. The molecule has 0 saturated carbocycles. The first-order valence-corrected chi connectivity index (χ1v) is 7.32. The van der Waals surface area contributed by atoms with Crippen LogP contribution >= 0.6 is 22.9 Å². The van der Waals surface area contributed by atoms with E-state index in [2.05, 4.69) is 6.07 Å². The van der Waals surface area contributed by atoms with Gasteiger partial charge in [0, 0.05) is 14.8 Å². The largest absolute Gasteiger partial charge is 0.298 e. The predicted molar refractivity (Wildman–Crippen MR) is 83.6 cm³/mol. The van der Waals surface area contributed by atoms with Crippen LogP contribution in [0, 0.1) is 5.92 Å². The van der Waals surface area contributed by atoms with E-state index in [1.54, 1.807) is 11.3 Å². The number of carbonyl (C=O) groups is 1. The summed E-state index contributed by atoms with van der Waals surface area (Å²) in [6.45, 7) is 4.04. The monoisotopic (exact) mass is 290 g/mol. The minimum Gasteiger partial charge on any atom is -0.298 e. The molecule has 0 amide bonds. The Morgan fingerprint density at radius 2 is 2.05 bits per heavy atom. The summed E-state index contributed by atoms with van der Waals surface area (Å²) in [5, 5.41) is 0.735. The van der Waals surface area contributed by atoms with Crippen molar-refractivity contribution < 1.29 is 4.79 Å². The lowest BCUT2D eigenvalue weighted by Crippen LogP contribution is -1.93. The Kier molecular flexibility index (Phi) is 4.56. The van der Waals surface area contributed by atoms with Crippen molar-refractivity contribution in [1.82, 2.24) is 0 Å². The number of carbonyl (C=O) groups excluding carboxylic acids is 1. The summed E-state index contributed by atoms with van der Waals surface area (Å²) in [5.41, 5.74) is 1.92. The molecule has 0 saturated heterocycles. The molecule has 0 radical (unpaired) electrons. The average Bonchev–Trinajstić information content (AvgIpc) is 2.84. The van der Waals surface area contributed by atoms with E-state index in [4.69, 9.17) is 11.6 Å². The molecule has 0 N–H and O–H groups in total. The fourth-order valence-electron chi connectivity index (χ4n) is 1.73. The van der Waals surface area contributed by atoms with Crippen molar-refractivity contribution in [2.45, 2.75) is 13.8 Å². The van der Waals surface area contributed by atoms with Crippen LogP contribution in [0.2, 0.25) is 5.02 Å². The first-order chi connectivity index (χ1) is 9.10. The van der Waals surface area contributed by atoms with Crippen molar-refractivity contribution in [3.8, 4) is 10.4 Å². The van der Waals surface area contributed by atoms with Gasteiger partial charge in [-0.25, -0.2) is 0 Å². The van der Waals surface area contributed by atoms with Gasteiger partial charge in [0.1, 0.15) is 6.29 Å². The zero-order valence-corrected chi connectivity index (χ0v) is 12.5. The molecule has 1 nitrogen and oxygen atoms in total. The summed E-state index contributed by atoms with van der Waals surface area (Å²) in [6.07, 6.45) is 2.89. The summed E-state index contributed by atoms with van der Waals surface area (Å²) in [7, 11) is 0. The number of allylic oxidation sites excluding steroid dienone is 1. The van der Waals surface area contributed by atoms with Crippen molar-refractivity contribution in [3.63, 3.8) is 0 Å². The second-order valence-corrected chi connectivity index (χ2v) is 6.18. The standard InChI is InChI=1S/C16H15ClOS/c1-11(2)13(10-18)9-15-6-7-16(19-15)12-4-3-5-14(17)8-12/h3-11H,1-2H3. The van der Waals surface area contributed by atoms with Gasteiger partial charge >= 0.3 is 0 Å². The first-order valence-electron chi connectivity index (χ1n) is 6.12. The number of rotatable bonds is 4. The third-order valence-corrected chi connectivity index (χ3v) is 4.16. The van der Waals surface area contributed by atoms with E-state index in [0.717, 1.165) is 32.2 Å². The first kappa shape index (κ1) is 14.0. The quantitative estimate of drug-likeness (QED) is 0.551. The molecule has 1 aromatic heterocycles. The normalized spacial score (nSPS) is 11.9. The molecule has 0 fully saturated rings. The summed E-state index contributed by atoms with van der Waals surface area (Å²) in [4.78, 5) is 13.2. The van der Waals surface area contributed by atoms with E-state index in [-0.39, 0.29) is 5.92 Å². The van der Waals surface area contributed by atoms with E-state index in [1.165, 1.54) is 0 Å². The fourth-order valence-corrected chi connectivity index (χ4v) is 2.88. The van der Waals surface area contributed by atoms with Crippen LogP contribution in [0.3, 0.4) is 0 Å². The number of aldehydes is 1. The highest BCUT2D eigenvalue weighted by molar-refractivity contribution is 7.16. The molecular weight excluding hydrogens is 276 g/mol. The zero-order valence-electron chi connectivity index (χ0n) is 10.9. The molecule has 0 aliphatic rings. The van der Waals surface area contributed by atoms with Crippen LogP contribution in [0.25, 0.3) is 16.5 Å². The van der Waals surface area contributed by atoms with Crippen molar-refractivity contribution in [2.24, 2.45) is 5.92 Å². The van der Waals surface area contributed by atoms with Gasteiger partial charge in [0.15, 0.2) is 0 Å². The van der Waals surface area contributed by atoms with Crippen LogP contribution in [-0.2, 0) is 4.79 Å². The molecule has 98 valence electrons. The van der Waals surface area contributed by atoms with Crippen molar-refractivity contribution in [2.75, 3.05) is 0 Å². The molecule has 0 aliphatic heterocycles. The maximum Gasteiger partial charge on any atom is 0.146 e. The van der Waals surface area contributed by atoms with Gasteiger partial charge in [-0.05, 0) is 47.4 Å². The molecule has 2 rings (SSSR count). The molecule has 0 spiro atoms. The summed E-state index contributed by atoms with van der Waals surface area (Å²) < 4.78 is 0. The third kappa shape index (κ3) is 3.55. The Bertz CT molecular complexity index is 611. The average molecular weight is 291 g/mol. The third-order valence-electron chi connectivity index (χ3n) is 2.85. The Labute approximate surface area is 122 Å². The van der Waals surface area contributed by atoms with Gasteiger partial charge in [0.25, 0.3) is 0 Å². The van der Waals surface area contributed by atoms with Gasteiger partial charge < -0.3 is 0 Å². The molecule has 0 bridgehead atoms. The van der Waals surface area contributed by atoms with Crippen molar-refractivity contribution in [3.05, 3.63) is 51.9 Å². The highest BCUT2D eigenvalue weighted by atomic mass is 35.5. The SMILES string of the molecule is CC(C)C(C=O)=Cc1ccc(-c2cccc(Cl)c2)s1. The molecular formula is C16H15ClOS. The maximum atomic E-state index is 11.0. The van der Waals surface area contributed by atoms with Gasteiger partial charge in [0.2, 0.25) is 0 Å². The molecule has 0 aliphatic carbocycles. The van der Waals surface area contributed by atoms with E-state index < -0.39 is 0 Å². The van der Waals surface area contributed by atoms with Crippen LogP contribution in [0.15, 0.2) is 42.0 Å². The number of hydrogen-bond donors (Lipinski definition) is 0. The van der Waals surface area contributed by atoms with Crippen LogP contribution in [-0.4, -0.2) is 6.29 Å². The summed E-state index contributed by atoms with van der Waals surface area (Å²) in [5.74, 6) is 0.245. The molecule has 19 heavy (non-hydrogen) atoms. The van der Waals surface area contributed by atoms with Gasteiger partial charge in [-0.2, -0.15) is 0 Å². The number of thiophene rings is 1. The Balaban J connectivity index is 2.31. The Morgan fingerprint density at radius 3 is 2.68 bits per heavy atom. The second kappa shape index (κ2) is 6.18. The molecule has 1 aromatic carbocycles. The molecule has 0 unspecified atom stereocenters. The van der Waals surface area contributed by atoms with E-state index in [0.29, 0.717) is 0 Å². The van der Waals surface area contributed by atoms with Gasteiger partial charge in [-0.15, -0.1) is 11.3 Å². The summed E-state index contributed by atoms with van der Waals surface area (Å²) >= 11 is 7.66. The Hall–Kier alpha value is -1.38. The highest BCUT2D eigenvalue weighted by Crippen LogP contribution is 2.31. The topological polar surface area (TPSA) is 17.1 Å². The van der Waals surface area contributed by atoms with Gasteiger partial charge in [-0.1, -0.05) is 37.6 Å². The van der Waals surface area contributed by atoms with Crippen molar-refractivity contribution >= 4 is 35.3 Å². The highest BCUT2D eigenvalue weighted by Gasteiger charge is 2.05. The van der Waals surface area contributed by atoms with Crippen molar-refractivity contribution in [1.29, 1.82) is 0 Å². The van der Waals surface area contributed by atoms with Gasteiger partial charge in [0.05, 0.1) is 0 Å². The molecule has 1 heterocycles. The van der Waals surface area contributed by atoms with Crippen LogP contribution in [0.4, 0.5) is 0 Å². The summed E-state index contributed by atoms with van der Waals surface area (Å²) in [6, 6.07) is 11.9. The number of halogens is 1. The van der Waals surface area contributed by atoms with E-state index in [9.17, 15) is 4.79 Å².